The molecule has 1 aromatic carbocycles. The van der Waals surface area contributed by atoms with Crippen molar-refractivity contribution < 1.29 is 17.9 Å². The molecule has 0 N–H and O–H groups in total. The molecule has 3 heterocycles. The van der Waals surface area contributed by atoms with Crippen molar-refractivity contribution in [3.05, 3.63) is 47.8 Å². The molecule has 1 aliphatic heterocycles. The van der Waals surface area contributed by atoms with Crippen molar-refractivity contribution in [2.45, 2.75) is 25.1 Å². The topological polar surface area (TPSA) is 55.5 Å². The van der Waals surface area contributed by atoms with Gasteiger partial charge in [0, 0.05) is 6.54 Å². The summed E-state index contributed by atoms with van der Waals surface area (Å²) in [4.78, 5) is 2.02. The van der Waals surface area contributed by atoms with Crippen molar-refractivity contribution in [2.24, 2.45) is 0 Å². The zero-order valence-electron chi connectivity index (χ0n) is 13.9. The molecule has 0 amide bonds. The molecule has 0 spiro atoms. The van der Waals surface area contributed by atoms with Crippen LogP contribution in [0.2, 0.25) is 0 Å². The van der Waals surface area contributed by atoms with E-state index >= 15 is 0 Å². The average molecular weight is 363 g/mol. The van der Waals surface area contributed by atoms with E-state index in [9.17, 15) is 13.2 Å². The number of benzene rings is 1. The lowest BCUT2D eigenvalue weighted by atomic mass is 10.0. The standard InChI is InChI=1S/C17H16F3N5O/c1-26-12-6-4-11(5-7-12)13-3-2-10-24(13)15-9-8-14-21-22-16(17(18,19)20)25(14)23-15/h4-9,13H,2-3,10H2,1H3. The van der Waals surface area contributed by atoms with Gasteiger partial charge in [0.05, 0.1) is 13.2 Å². The van der Waals surface area contributed by atoms with Gasteiger partial charge in [0.2, 0.25) is 0 Å². The first-order valence-corrected chi connectivity index (χ1v) is 8.17. The van der Waals surface area contributed by atoms with Gasteiger partial charge in [-0.1, -0.05) is 12.1 Å². The molecule has 6 nitrogen and oxygen atoms in total. The first-order chi connectivity index (χ1) is 12.5. The summed E-state index contributed by atoms with van der Waals surface area (Å²) in [6.07, 6.45) is -2.77. The number of halogens is 3. The number of anilines is 1. The van der Waals surface area contributed by atoms with Crippen LogP contribution < -0.4 is 9.64 Å². The zero-order valence-corrected chi connectivity index (χ0v) is 13.9. The Bertz CT molecular complexity index is 922. The number of aromatic nitrogens is 4. The number of rotatable bonds is 3. The van der Waals surface area contributed by atoms with Gasteiger partial charge in [-0.05, 0) is 42.7 Å². The Kier molecular flexibility index (Phi) is 3.93. The third-order valence-corrected chi connectivity index (χ3v) is 4.55. The summed E-state index contributed by atoms with van der Waals surface area (Å²) in [5.41, 5.74) is 1.14. The summed E-state index contributed by atoms with van der Waals surface area (Å²) in [6, 6.07) is 10.9. The van der Waals surface area contributed by atoms with Crippen LogP contribution in [-0.4, -0.2) is 33.5 Å². The van der Waals surface area contributed by atoms with Gasteiger partial charge in [0.1, 0.15) is 11.6 Å². The maximum atomic E-state index is 13.1. The number of nitrogens with zero attached hydrogens (tertiary/aromatic N) is 5. The van der Waals surface area contributed by atoms with Gasteiger partial charge in [-0.3, -0.25) is 0 Å². The van der Waals surface area contributed by atoms with E-state index in [1.54, 1.807) is 13.2 Å². The molecule has 4 rings (SSSR count). The molecule has 136 valence electrons. The summed E-state index contributed by atoms with van der Waals surface area (Å²) >= 11 is 0. The summed E-state index contributed by atoms with van der Waals surface area (Å²) in [5.74, 6) is 0.118. The summed E-state index contributed by atoms with van der Waals surface area (Å²) < 4.78 is 45.2. The highest BCUT2D eigenvalue weighted by molar-refractivity contribution is 5.49. The molecular formula is C17H16F3N5O. The fraction of sp³-hybridized carbons (Fsp3) is 0.353. The lowest BCUT2D eigenvalue weighted by Crippen LogP contribution is -2.24. The lowest BCUT2D eigenvalue weighted by Gasteiger charge is -2.26. The van der Waals surface area contributed by atoms with Crippen LogP contribution in [0.3, 0.4) is 0 Å². The van der Waals surface area contributed by atoms with E-state index in [1.807, 2.05) is 29.2 Å². The largest absolute Gasteiger partial charge is 0.497 e. The number of hydrogen-bond acceptors (Lipinski definition) is 5. The summed E-state index contributed by atoms with van der Waals surface area (Å²) in [7, 11) is 1.60. The molecule has 2 aromatic heterocycles. The predicted molar refractivity (Wildman–Crippen MR) is 88.1 cm³/mol. The van der Waals surface area contributed by atoms with Gasteiger partial charge in [-0.25, -0.2) is 0 Å². The summed E-state index contributed by atoms with van der Waals surface area (Å²) in [6.45, 7) is 0.721. The Morgan fingerprint density at radius 1 is 1.08 bits per heavy atom. The number of hydrogen-bond donors (Lipinski definition) is 0. The van der Waals surface area contributed by atoms with Crippen LogP contribution >= 0.6 is 0 Å². The van der Waals surface area contributed by atoms with Crippen molar-refractivity contribution in [1.29, 1.82) is 0 Å². The highest BCUT2D eigenvalue weighted by atomic mass is 19.4. The quantitative estimate of drug-likeness (QED) is 0.713. The fourth-order valence-corrected chi connectivity index (χ4v) is 3.32. The van der Waals surface area contributed by atoms with E-state index < -0.39 is 12.0 Å². The van der Waals surface area contributed by atoms with Crippen LogP contribution in [-0.2, 0) is 6.18 Å². The third kappa shape index (κ3) is 2.83. The molecule has 0 bridgehead atoms. The average Bonchev–Trinajstić information content (AvgIpc) is 3.27. The van der Waals surface area contributed by atoms with Crippen LogP contribution in [0.1, 0.15) is 30.3 Å². The normalized spacial score (nSPS) is 17.8. The molecule has 3 aromatic rings. The molecule has 0 radical (unpaired) electrons. The lowest BCUT2D eigenvalue weighted by molar-refractivity contribution is -0.146. The minimum absolute atomic E-state index is 0.0525. The Morgan fingerprint density at radius 3 is 2.54 bits per heavy atom. The number of ether oxygens (including phenoxy) is 1. The van der Waals surface area contributed by atoms with Crippen molar-refractivity contribution in [3.8, 4) is 5.75 Å². The molecule has 1 unspecified atom stereocenters. The molecule has 26 heavy (non-hydrogen) atoms. The third-order valence-electron chi connectivity index (χ3n) is 4.55. The van der Waals surface area contributed by atoms with Crippen LogP contribution in [0.5, 0.6) is 5.75 Å². The molecule has 1 fully saturated rings. The highest BCUT2D eigenvalue weighted by Crippen LogP contribution is 2.36. The molecule has 0 saturated carbocycles. The van der Waals surface area contributed by atoms with E-state index in [-0.39, 0.29) is 11.7 Å². The smallest absolute Gasteiger partial charge is 0.453 e. The second-order valence-corrected chi connectivity index (χ2v) is 6.11. The molecule has 1 aliphatic rings. The van der Waals surface area contributed by atoms with Gasteiger partial charge in [-0.15, -0.1) is 15.3 Å². The molecule has 1 saturated heterocycles. The van der Waals surface area contributed by atoms with Crippen molar-refractivity contribution >= 4 is 11.5 Å². The van der Waals surface area contributed by atoms with Crippen LogP contribution in [0.25, 0.3) is 5.65 Å². The number of alkyl halides is 3. The monoisotopic (exact) mass is 363 g/mol. The number of methoxy groups -OCH3 is 1. The minimum Gasteiger partial charge on any atom is -0.497 e. The molecule has 0 aliphatic carbocycles. The van der Waals surface area contributed by atoms with E-state index in [0.717, 1.165) is 35.2 Å². The van der Waals surface area contributed by atoms with E-state index in [4.69, 9.17) is 4.74 Å². The Balaban J connectivity index is 1.71. The van der Waals surface area contributed by atoms with Crippen LogP contribution in [0.15, 0.2) is 36.4 Å². The van der Waals surface area contributed by atoms with Gasteiger partial charge < -0.3 is 9.64 Å². The first-order valence-electron chi connectivity index (χ1n) is 8.17. The SMILES string of the molecule is COc1ccc(C2CCCN2c2ccc3nnc(C(F)(F)F)n3n2)cc1. The Labute approximate surface area is 147 Å². The second kappa shape index (κ2) is 6.15. The van der Waals surface area contributed by atoms with Gasteiger partial charge in [-0.2, -0.15) is 17.7 Å². The Morgan fingerprint density at radius 2 is 1.85 bits per heavy atom. The predicted octanol–water partition coefficient (Wildman–Crippen LogP) is 3.49. The van der Waals surface area contributed by atoms with Crippen molar-refractivity contribution in [1.82, 2.24) is 19.8 Å². The zero-order chi connectivity index (χ0) is 18.3. The molecular weight excluding hydrogens is 347 g/mol. The van der Waals surface area contributed by atoms with Gasteiger partial charge in [0.15, 0.2) is 5.65 Å². The highest BCUT2D eigenvalue weighted by Gasteiger charge is 2.38. The van der Waals surface area contributed by atoms with Gasteiger partial charge >= 0.3 is 6.18 Å². The van der Waals surface area contributed by atoms with Crippen molar-refractivity contribution in [3.63, 3.8) is 0 Å². The second-order valence-electron chi connectivity index (χ2n) is 6.11. The molecule has 9 heteroatoms. The minimum atomic E-state index is -4.61. The maximum Gasteiger partial charge on any atom is 0.453 e. The van der Waals surface area contributed by atoms with Crippen LogP contribution in [0.4, 0.5) is 19.0 Å². The van der Waals surface area contributed by atoms with Crippen molar-refractivity contribution in [2.75, 3.05) is 18.6 Å². The maximum absolute atomic E-state index is 13.1. The summed E-state index contributed by atoms with van der Waals surface area (Å²) in [5, 5.41) is 10.9. The fourth-order valence-electron chi connectivity index (χ4n) is 3.32. The Hall–Kier alpha value is -2.84. The van der Waals surface area contributed by atoms with Crippen LogP contribution in [0, 0.1) is 0 Å². The first kappa shape index (κ1) is 16.6. The number of fused-ring (bicyclic) bond motifs is 1. The van der Waals surface area contributed by atoms with E-state index in [0.29, 0.717) is 5.82 Å². The van der Waals surface area contributed by atoms with E-state index in [1.165, 1.54) is 6.07 Å². The van der Waals surface area contributed by atoms with E-state index in [2.05, 4.69) is 15.3 Å². The molecule has 1 atom stereocenters. The van der Waals surface area contributed by atoms with Gasteiger partial charge in [0.25, 0.3) is 5.82 Å².